The molecule has 3 rings (SSSR count). The Hall–Kier alpha value is -7.82. The Morgan fingerprint density at radius 2 is 1.30 bits per heavy atom. The van der Waals surface area contributed by atoms with Crippen LogP contribution in [0.5, 0.6) is 0 Å². The van der Waals surface area contributed by atoms with Crippen molar-refractivity contribution in [2.75, 3.05) is 99.7 Å². The molecule has 0 aliphatic carbocycles. The zero-order chi connectivity index (χ0) is 72.1. The zero-order valence-corrected chi connectivity index (χ0v) is 59.3. The number of carbonyl (C=O) groups excluding carboxylic acids is 12. The van der Waals surface area contributed by atoms with Crippen LogP contribution in [0.1, 0.15) is 140 Å². The second-order valence-corrected chi connectivity index (χ2v) is 25.2. The van der Waals surface area contributed by atoms with Crippen LogP contribution >= 0.6 is 0 Å². The number of cyclic esters (lactones) is 2. The molecule has 2 aliphatic heterocycles. The molecule has 1 fully saturated rings. The number of imide groups is 1. The van der Waals surface area contributed by atoms with Crippen LogP contribution in [0.15, 0.2) is 53.6 Å². The summed E-state index contributed by atoms with van der Waals surface area (Å²) in [6.07, 6.45) is 1.79. The summed E-state index contributed by atoms with van der Waals surface area (Å²) < 4.78 is 40.0. The van der Waals surface area contributed by atoms with Crippen molar-refractivity contribution in [1.82, 2.24) is 46.6 Å². The van der Waals surface area contributed by atoms with Gasteiger partial charge in [0.15, 0.2) is 6.10 Å². The number of nitrogens with one attached hydrogen (secondary N) is 6. The van der Waals surface area contributed by atoms with Gasteiger partial charge < -0.3 is 74.9 Å². The Kier molecular flexibility index (Phi) is 38.6. The number of likely N-dealkylation sites (tertiary alicyclic amines) is 1. The summed E-state index contributed by atoms with van der Waals surface area (Å²) in [5.41, 5.74) is 1.28. The van der Waals surface area contributed by atoms with Gasteiger partial charge in [0.25, 0.3) is 5.91 Å². The Morgan fingerprint density at radius 1 is 0.701 bits per heavy atom. The number of alkyl carbamates (subject to hydrolysis) is 1. The smallest absolute Gasteiger partial charge is 0.407 e. The van der Waals surface area contributed by atoms with Crippen LogP contribution in [0.3, 0.4) is 0 Å². The monoisotopic (exact) mass is 1370 g/mol. The maximum atomic E-state index is 14.3. The maximum Gasteiger partial charge on any atom is 0.407 e. The average molecular weight is 1370 g/mol. The summed E-state index contributed by atoms with van der Waals surface area (Å²) in [7, 11) is 2.81. The number of benzene rings is 1. The van der Waals surface area contributed by atoms with Crippen molar-refractivity contribution < 1.29 is 90.7 Å². The zero-order valence-electron chi connectivity index (χ0n) is 59.3. The van der Waals surface area contributed by atoms with E-state index in [0.717, 1.165) is 11.3 Å². The summed E-state index contributed by atoms with van der Waals surface area (Å²) in [5.74, 6) is -7.57. The van der Waals surface area contributed by atoms with Crippen molar-refractivity contribution in [1.29, 1.82) is 0 Å². The van der Waals surface area contributed by atoms with Crippen molar-refractivity contribution >= 4 is 71.2 Å². The second-order valence-electron chi connectivity index (χ2n) is 25.2. The first-order valence-corrected chi connectivity index (χ1v) is 33.9. The van der Waals surface area contributed by atoms with E-state index in [9.17, 15) is 57.5 Å². The van der Waals surface area contributed by atoms with Crippen LogP contribution in [0.25, 0.3) is 0 Å². The number of rotatable bonds is 32. The SMILES string of the molecule is C/C=C(\C)[C@H]1OC(=O)[C@@H](C)NC(=O)[C@H](C(C)CC)NC(=O)CN(C)C(=O)[C@@H](Cc2ccccc2)N(C)C(=O)[C@H](C)NC(=O)[C@@H](CC(C)C)OC(=O)/C(C)=C/C[C@H](OC(=O)NCCNC(=O)CCOCCOCCOCCOCCNC(=O)CCCCCN2C(=O)CC(C)C2=O)[C@@H]1C. The van der Waals surface area contributed by atoms with Gasteiger partial charge in [-0.1, -0.05) is 96.9 Å². The van der Waals surface area contributed by atoms with E-state index in [0.29, 0.717) is 82.9 Å². The van der Waals surface area contributed by atoms with Crippen LogP contribution in [0.4, 0.5) is 4.79 Å². The molecule has 2 heterocycles. The molecular weight excluding hydrogens is 1260 g/mol. The normalized spacial score (nSPS) is 23.6. The van der Waals surface area contributed by atoms with Crippen molar-refractivity contribution in [3.63, 3.8) is 0 Å². The highest BCUT2D eigenvalue weighted by Crippen LogP contribution is 2.27. The molecule has 544 valence electrons. The number of amides is 10. The fourth-order valence-electron chi connectivity index (χ4n) is 10.4. The van der Waals surface area contributed by atoms with Crippen LogP contribution in [0, 0.1) is 23.7 Å². The van der Waals surface area contributed by atoms with E-state index in [1.165, 1.54) is 50.7 Å². The maximum absolute atomic E-state index is 14.3. The molecule has 10 amide bonds. The summed E-state index contributed by atoms with van der Waals surface area (Å²) in [4.78, 5) is 164. The lowest BCUT2D eigenvalue weighted by Gasteiger charge is -2.33. The van der Waals surface area contributed by atoms with E-state index < -0.39 is 108 Å². The number of esters is 2. The van der Waals surface area contributed by atoms with Gasteiger partial charge in [0.05, 0.1) is 59.4 Å². The van der Waals surface area contributed by atoms with Crippen LogP contribution < -0.4 is 31.9 Å². The quantitative estimate of drug-likeness (QED) is 0.0197. The molecule has 0 bridgehead atoms. The molecule has 97 heavy (non-hydrogen) atoms. The number of ether oxygens (including phenoxy) is 7. The van der Waals surface area contributed by atoms with Crippen molar-refractivity contribution in [3.8, 4) is 0 Å². The molecule has 10 atom stereocenters. The van der Waals surface area contributed by atoms with Crippen molar-refractivity contribution in [2.45, 2.75) is 183 Å². The van der Waals surface area contributed by atoms with Gasteiger partial charge in [-0.3, -0.25) is 48.1 Å². The third-order valence-electron chi connectivity index (χ3n) is 16.7. The van der Waals surface area contributed by atoms with Crippen LogP contribution in [-0.2, 0) is 92.3 Å². The number of nitrogens with zero attached hydrogens (tertiary/aromatic N) is 3. The molecule has 0 spiro atoms. The van der Waals surface area contributed by atoms with Crippen molar-refractivity contribution in [2.24, 2.45) is 23.7 Å². The van der Waals surface area contributed by atoms with Gasteiger partial charge in [-0.05, 0) is 76.9 Å². The van der Waals surface area contributed by atoms with Gasteiger partial charge in [0, 0.05) is 89.8 Å². The summed E-state index contributed by atoms with van der Waals surface area (Å²) >= 11 is 0. The van der Waals surface area contributed by atoms with Crippen molar-refractivity contribution in [3.05, 3.63) is 59.2 Å². The first-order chi connectivity index (χ1) is 46.1. The first-order valence-electron chi connectivity index (χ1n) is 33.9. The average Bonchev–Trinajstić information content (AvgIpc) is 1.75. The molecule has 1 aromatic rings. The van der Waals surface area contributed by atoms with Gasteiger partial charge in [-0.25, -0.2) is 14.4 Å². The minimum absolute atomic E-state index is 0.0180. The summed E-state index contributed by atoms with van der Waals surface area (Å²) in [6, 6.07) is 4.09. The number of likely N-dealkylation sites (N-methyl/N-ethyl adjacent to an activating group) is 2. The molecule has 0 radical (unpaired) electrons. The molecule has 1 aromatic carbocycles. The fraction of sp³-hybridized carbons (Fsp3) is 0.681. The summed E-state index contributed by atoms with van der Waals surface area (Å²) in [6.45, 7) is 20.8. The Labute approximate surface area is 571 Å². The number of allylic oxidation sites excluding steroid dienone is 1. The van der Waals surface area contributed by atoms with E-state index in [1.807, 2.05) is 20.8 Å². The van der Waals surface area contributed by atoms with Gasteiger partial charge >= 0.3 is 18.0 Å². The topological polar surface area (TPSA) is 351 Å². The summed E-state index contributed by atoms with van der Waals surface area (Å²) in [5, 5.41) is 16.2. The van der Waals surface area contributed by atoms with Gasteiger partial charge in [0.1, 0.15) is 36.4 Å². The lowest BCUT2D eigenvalue weighted by molar-refractivity contribution is -0.155. The van der Waals surface area contributed by atoms with E-state index in [4.69, 9.17) is 33.2 Å². The number of hydrogen-bond donors (Lipinski definition) is 6. The third-order valence-corrected chi connectivity index (χ3v) is 16.7. The number of carbonyl (C=O) groups is 12. The highest BCUT2D eigenvalue weighted by molar-refractivity contribution is 6.03. The predicted octanol–water partition coefficient (Wildman–Crippen LogP) is 3.62. The number of unbranched alkanes of at least 4 members (excludes halogenated alkanes) is 2. The first kappa shape index (κ1) is 83.4. The Morgan fingerprint density at radius 3 is 1.91 bits per heavy atom. The number of hydrogen-bond acceptors (Lipinski definition) is 19. The molecule has 1 saturated heterocycles. The predicted molar refractivity (Wildman–Crippen MR) is 358 cm³/mol. The molecular formula is C69H109N9O19. The van der Waals surface area contributed by atoms with Gasteiger partial charge in [-0.2, -0.15) is 0 Å². The molecule has 0 saturated carbocycles. The lowest BCUT2D eigenvalue weighted by Crippen LogP contribution is -2.57. The lowest BCUT2D eigenvalue weighted by atomic mass is 9.90. The molecule has 28 heteroatoms. The van der Waals surface area contributed by atoms with Crippen LogP contribution in [-0.4, -0.2) is 228 Å². The Balaban J connectivity index is 1.60. The van der Waals surface area contributed by atoms with E-state index >= 15 is 0 Å². The largest absolute Gasteiger partial charge is 0.456 e. The minimum Gasteiger partial charge on any atom is -0.456 e. The molecule has 2 unspecified atom stereocenters. The fourth-order valence-corrected chi connectivity index (χ4v) is 10.4. The minimum atomic E-state index is -1.37. The molecule has 0 aromatic heterocycles. The van der Waals surface area contributed by atoms with E-state index in [1.54, 1.807) is 71.0 Å². The highest BCUT2D eigenvalue weighted by atomic mass is 16.6. The van der Waals surface area contributed by atoms with Gasteiger partial charge in [-0.15, -0.1) is 0 Å². The standard InChI is InChI=1S/C69H109N9O19/c1-14-45(5)60-63(84)74-51(11)68(89)97-61(46(6)15-2)49(9)54(26-25-47(7)67(88)95-55(40-44(3)4)62(83)73-50(10)65(86)77(13)53(42-52-22-18-16-19-23-52)66(87)76(12)43-58(81)75-60)96-69(90)72-29-28-70-57(80)27-32-91-34-36-93-38-39-94-37-35-92-33-30-71-56(79)24-20-17-21-31-78-59(82)41-48(8)64(78)85/h15-16,18-19,22-23,25,44-45,48-51,53-55,60-61H,14,17,20-21,24,26-43H2,1-13H3,(H,70,80)(H,71,79)(H,72,90)(H,73,83)(H,74,84)(H,75,81)/b46-15+,47-25+/t45?,48?,49-,50-,51+,53+,54-,55+,60-,61+/m0/s1. The Bertz CT molecular complexity index is 2800. The van der Waals surface area contributed by atoms with Crippen LogP contribution in [0.2, 0.25) is 0 Å². The molecule has 28 nitrogen and oxygen atoms in total. The van der Waals surface area contributed by atoms with E-state index in [2.05, 4.69) is 31.9 Å². The highest BCUT2D eigenvalue weighted by Gasteiger charge is 2.39. The molecule has 2 aliphatic rings. The molecule has 6 N–H and O–H groups in total. The second kappa shape index (κ2) is 44.9. The third kappa shape index (κ3) is 30.6. The van der Waals surface area contributed by atoms with E-state index in [-0.39, 0.29) is 106 Å². The van der Waals surface area contributed by atoms with Gasteiger partial charge in [0.2, 0.25) is 47.3 Å².